The molecule has 1 aliphatic heterocycles. The molecule has 148 valence electrons. The van der Waals surface area contributed by atoms with Crippen LogP contribution in [-0.4, -0.2) is 30.5 Å². The van der Waals surface area contributed by atoms with Crippen molar-refractivity contribution in [3.05, 3.63) is 94.6 Å². The molecular weight excluding hydrogens is 384 g/mol. The highest BCUT2D eigenvalue weighted by Gasteiger charge is 2.22. The van der Waals surface area contributed by atoms with Crippen LogP contribution in [0.25, 0.3) is 0 Å². The Morgan fingerprint density at radius 3 is 2.72 bits per heavy atom. The molecule has 3 aromatic rings. The van der Waals surface area contributed by atoms with Gasteiger partial charge in [0.05, 0.1) is 0 Å². The highest BCUT2D eigenvalue weighted by atomic mass is 35.5. The fourth-order valence-corrected chi connectivity index (χ4v) is 3.61. The number of amides is 1. The molecule has 1 amide bonds. The van der Waals surface area contributed by atoms with Crippen molar-refractivity contribution in [1.82, 2.24) is 15.6 Å². The molecule has 1 aliphatic rings. The third kappa shape index (κ3) is 4.94. The van der Waals surface area contributed by atoms with E-state index < -0.39 is 0 Å². The van der Waals surface area contributed by atoms with Crippen LogP contribution in [0.3, 0.4) is 0 Å². The zero-order valence-electron chi connectivity index (χ0n) is 16.0. The van der Waals surface area contributed by atoms with Gasteiger partial charge in [-0.2, -0.15) is 0 Å². The normalized spacial score (nSPS) is 16.4. The molecule has 6 heteroatoms. The van der Waals surface area contributed by atoms with Gasteiger partial charge in [0, 0.05) is 49.0 Å². The molecule has 0 spiro atoms. The molecule has 2 aromatic carbocycles. The van der Waals surface area contributed by atoms with E-state index in [1.807, 2.05) is 36.4 Å². The van der Waals surface area contributed by atoms with Gasteiger partial charge in [-0.05, 0) is 35.4 Å². The summed E-state index contributed by atoms with van der Waals surface area (Å²) in [5, 5.41) is 7.20. The number of piperazine rings is 1. The molecule has 1 atom stereocenters. The number of rotatable bonds is 5. The largest absolute Gasteiger partial charge is 0.353 e. The number of benzene rings is 2. The van der Waals surface area contributed by atoms with Gasteiger partial charge < -0.3 is 15.5 Å². The molecule has 1 fully saturated rings. The monoisotopic (exact) mass is 406 g/mol. The van der Waals surface area contributed by atoms with Crippen LogP contribution in [0.15, 0.2) is 72.9 Å². The number of nitrogens with zero attached hydrogens (tertiary/aromatic N) is 2. The van der Waals surface area contributed by atoms with Crippen molar-refractivity contribution in [2.24, 2.45) is 0 Å². The predicted octanol–water partition coefficient (Wildman–Crippen LogP) is 3.82. The Labute approximate surface area is 175 Å². The van der Waals surface area contributed by atoms with Gasteiger partial charge in [-0.15, -0.1) is 0 Å². The fraction of sp³-hybridized carbons (Fsp3) is 0.217. The number of anilines is 1. The molecule has 5 nitrogen and oxygen atoms in total. The van der Waals surface area contributed by atoms with Gasteiger partial charge in [0.25, 0.3) is 5.91 Å². The Balaban J connectivity index is 1.42. The number of pyridine rings is 1. The van der Waals surface area contributed by atoms with Crippen LogP contribution in [0.2, 0.25) is 5.02 Å². The highest BCUT2D eigenvalue weighted by Crippen LogP contribution is 2.21. The predicted molar refractivity (Wildman–Crippen MR) is 116 cm³/mol. The molecule has 0 aliphatic carbocycles. The molecule has 2 N–H and O–H groups in total. The third-order valence-corrected chi connectivity index (χ3v) is 5.33. The summed E-state index contributed by atoms with van der Waals surface area (Å²) >= 11 is 5.91. The zero-order chi connectivity index (χ0) is 20.1. The summed E-state index contributed by atoms with van der Waals surface area (Å²) in [5.74, 6) is 0.713. The van der Waals surface area contributed by atoms with Crippen molar-refractivity contribution in [3.8, 4) is 0 Å². The quantitative estimate of drug-likeness (QED) is 0.676. The molecule has 1 aromatic heterocycles. The van der Waals surface area contributed by atoms with Gasteiger partial charge in [0.15, 0.2) is 0 Å². The summed E-state index contributed by atoms with van der Waals surface area (Å²) in [6, 6.07) is 21.7. The lowest BCUT2D eigenvalue weighted by Gasteiger charge is -2.34. The Hall–Kier alpha value is -2.89. The molecule has 29 heavy (non-hydrogen) atoms. The van der Waals surface area contributed by atoms with Gasteiger partial charge in [0.2, 0.25) is 0 Å². The first-order valence-corrected chi connectivity index (χ1v) is 10.1. The summed E-state index contributed by atoms with van der Waals surface area (Å²) in [6.07, 6.45) is 1.70. The number of hydrogen-bond acceptors (Lipinski definition) is 4. The maximum Gasteiger partial charge on any atom is 0.251 e. The summed E-state index contributed by atoms with van der Waals surface area (Å²) in [7, 11) is 0. The van der Waals surface area contributed by atoms with E-state index in [4.69, 9.17) is 11.6 Å². The Morgan fingerprint density at radius 2 is 1.93 bits per heavy atom. The third-order valence-electron chi connectivity index (χ3n) is 5.08. The van der Waals surface area contributed by atoms with Crippen LogP contribution in [0.5, 0.6) is 0 Å². The Morgan fingerprint density at radius 1 is 1.14 bits per heavy atom. The van der Waals surface area contributed by atoms with Crippen LogP contribution in [-0.2, 0) is 6.54 Å². The second-order valence-electron chi connectivity index (χ2n) is 7.08. The molecule has 1 unspecified atom stereocenters. The molecule has 1 saturated heterocycles. The number of nitrogens with one attached hydrogen (secondary N) is 2. The minimum absolute atomic E-state index is 0.113. The fourth-order valence-electron chi connectivity index (χ4n) is 3.49. The Kier molecular flexibility index (Phi) is 6.08. The van der Waals surface area contributed by atoms with E-state index in [2.05, 4.69) is 44.8 Å². The first kappa shape index (κ1) is 19.4. The average molecular weight is 407 g/mol. The van der Waals surface area contributed by atoms with E-state index in [0.29, 0.717) is 17.1 Å². The number of carbonyl (C=O) groups is 1. The molecule has 4 rings (SSSR count). The molecule has 0 saturated carbocycles. The van der Waals surface area contributed by atoms with Crippen molar-refractivity contribution in [3.63, 3.8) is 0 Å². The molecule has 2 heterocycles. The van der Waals surface area contributed by atoms with Gasteiger partial charge in [-0.1, -0.05) is 54.1 Å². The van der Waals surface area contributed by atoms with Crippen LogP contribution in [0.1, 0.15) is 27.5 Å². The first-order valence-electron chi connectivity index (χ1n) is 9.71. The van der Waals surface area contributed by atoms with E-state index in [0.717, 1.165) is 31.0 Å². The summed E-state index contributed by atoms with van der Waals surface area (Å²) in [4.78, 5) is 19.3. The smallest absolute Gasteiger partial charge is 0.251 e. The van der Waals surface area contributed by atoms with Crippen molar-refractivity contribution in [2.45, 2.75) is 12.6 Å². The van der Waals surface area contributed by atoms with Gasteiger partial charge in [-0.25, -0.2) is 4.98 Å². The van der Waals surface area contributed by atoms with E-state index in [1.54, 1.807) is 12.3 Å². The van der Waals surface area contributed by atoms with E-state index in [1.165, 1.54) is 5.56 Å². The topological polar surface area (TPSA) is 57.3 Å². The number of aromatic nitrogens is 1. The van der Waals surface area contributed by atoms with Crippen LogP contribution in [0.4, 0.5) is 5.82 Å². The van der Waals surface area contributed by atoms with Crippen LogP contribution < -0.4 is 15.5 Å². The summed E-state index contributed by atoms with van der Waals surface area (Å²) < 4.78 is 0. The number of hydrogen-bond donors (Lipinski definition) is 2. The van der Waals surface area contributed by atoms with Crippen LogP contribution in [0, 0.1) is 0 Å². The maximum atomic E-state index is 12.6. The molecule has 0 bridgehead atoms. The SMILES string of the molecule is O=C(NCc1ccc(Cl)cc1)c1ccnc(N2CCNC(c3ccccc3)C2)c1. The Bertz CT molecular complexity index is 962. The second kappa shape index (κ2) is 9.07. The van der Waals surface area contributed by atoms with Crippen molar-refractivity contribution < 1.29 is 4.79 Å². The number of carbonyl (C=O) groups excluding carboxylic acids is 1. The van der Waals surface area contributed by atoms with Gasteiger partial charge in [0.1, 0.15) is 5.82 Å². The second-order valence-corrected chi connectivity index (χ2v) is 7.51. The van der Waals surface area contributed by atoms with Crippen molar-refractivity contribution >= 4 is 23.3 Å². The lowest BCUT2D eigenvalue weighted by molar-refractivity contribution is 0.0951. The standard InChI is InChI=1S/C23H23ClN4O/c24-20-8-6-17(7-9-20)15-27-23(29)19-10-11-26-22(14-19)28-13-12-25-21(16-28)18-4-2-1-3-5-18/h1-11,14,21,25H,12-13,15-16H2,(H,27,29). The summed E-state index contributed by atoms with van der Waals surface area (Å²) in [6.45, 7) is 2.99. The van der Waals surface area contributed by atoms with E-state index >= 15 is 0 Å². The zero-order valence-corrected chi connectivity index (χ0v) is 16.8. The number of halogens is 1. The minimum Gasteiger partial charge on any atom is -0.353 e. The van der Waals surface area contributed by atoms with Crippen molar-refractivity contribution in [2.75, 3.05) is 24.5 Å². The van der Waals surface area contributed by atoms with Gasteiger partial charge in [-0.3, -0.25) is 4.79 Å². The molecular formula is C23H23ClN4O. The molecule has 0 radical (unpaired) electrons. The van der Waals surface area contributed by atoms with Crippen molar-refractivity contribution in [1.29, 1.82) is 0 Å². The van der Waals surface area contributed by atoms with Crippen LogP contribution >= 0.6 is 11.6 Å². The lowest BCUT2D eigenvalue weighted by Crippen LogP contribution is -2.46. The van der Waals surface area contributed by atoms with E-state index in [9.17, 15) is 4.79 Å². The maximum absolute atomic E-state index is 12.6. The minimum atomic E-state index is -0.113. The lowest BCUT2D eigenvalue weighted by atomic mass is 10.0. The highest BCUT2D eigenvalue weighted by molar-refractivity contribution is 6.30. The average Bonchev–Trinajstić information content (AvgIpc) is 2.79. The summed E-state index contributed by atoms with van der Waals surface area (Å²) in [5.41, 5.74) is 2.87. The first-order chi connectivity index (χ1) is 14.2. The van der Waals surface area contributed by atoms with Gasteiger partial charge >= 0.3 is 0 Å². The van der Waals surface area contributed by atoms with E-state index in [-0.39, 0.29) is 11.9 Å².